The number of hydrogen-bond acceptors (Lipinski definition) is 5. The molecule has 0 saturated heterocycles. The van der Waals surface area contributed by atoms with Crippen molar-refractivity contribution in [2.45, 2.75) is 45.6 Å². The van der Waals surface area contributed by atoms with Gasteiger partial charge in [0.2, 0.25) is 0 Å². The van der Waals surface area contributed by atoms with Gasteiger partial charge < -0.3 is 14.6 Å². The van der Waals surface area contributed by atoms with E-state index in [1.807, 2.05) is 27.7 Å². The van der Waals surface area contributed by atoms with Gasteiger partial charge in [-0.25, -0.2) is 4.79 Å². The van der Waals surface area contributed by atoms with Crippen LogP contribution >= 0.6 is 0 Å². The number of anilines is 1. The van der Waals surface area contributed by atoms with Gasteiger partial charge in [-0.15, -0.1) is 0 Å². The van der Waals surface area contributed by atoms with Gasteiger partial charge >= 0.3 is 6.09 Å². The number of aryl methyl sites for hydroxylation is 2. The molecule has 1 aliphatic rings. The van der Waals surface area contributed by atoms with Crippen LogP contribution in [0.2, 0.25) is 0 Å². The first-order valence-corrected chi connectivity index (χ1v) is 11.1. The van der Waals surface area contributed by atoms with Gasteiger partial charge in [-0.1, -0.05) is 38.5 Å². The van der Waals surface area contributed by atoms with Crippen LogP contribution in [0, 0.1) is 19.3 Å². The third-order valence-corrected chi connectivity index (χ3v) is 5.89. The zero-order valence-corrected chi connectivity index (χ0v) is 19.4. The zero-order chi connectivity index (χ0) is 23.6. The molecule has 1 unspecified atom stereocenters. The monoisotopic (exact) mass is 451 g/mol. The van der Waals surface area contributed by atoms with Crippen LogP contribution in [0.4, 0.5) is 10.5 Å². The minimum atomic E-state index is -4.05. The molecule has 2 aromatic carbocycles. The highest BCUT2D eigenvalue weighted by atomic mass is 32.2. The molecular formula is C22H29NO7S. The Balaban J connectivity index is 0.000000245. The van der Waals surface area contributed by atoms with Crippen molar-refractivity contribution in [3.05, 3.63) is 47.5 Å². The number of hydrogen-bond donors (Lipinski definition) is 2. The van der Waals surface area contributed by atoms with Gasteiger partial charge in [0.15, 0.2) is 0 Å². The van der Waals surface area contributed by atoms with E-state index in [2.05, 4.69) is 0 Å². The number of benzene rings is 2. The van der Waals surface area contributed by atoms with Gasteiger partial charge in [-0.3, -0.25) is 9.45 Å². The Morgan fingerprint density at radius 1 is 1.16 bits per heavy atom. The Hall–Kier alpha value is -2.78. The molecule has 2 aromatic rings. The summed E-state index contributed by atoms with van der Waals surface area (Å²) < 4.78 is 41.3. The van der Waals surface area contributed by atoms with E-state index < -0.39 is 16.2 Å². The summed E-state index contributed by atoms with van der Waals surface area (Å²) in [5.41, 5.74) is 1.96. The van der Waals surface area contributed by atoms with Crippen LogP contribution in [0.25, 0.3) is 0 Å². The number of ether oxygens (including phenoxy) is 2. The molecule has 8 nitrogen and oxygen atoms in total. The van der Waals surface area contributed by atoms with Crippen LogP contribution in [0.15, 0.2) is 41.3 Å². The second-order valence-corrected chi connectivity index (χ2v) is 9.83. The average Bonchev–Trinajstić information content (AvgIpc) is 2.65. The molecule has 9 heteroatoms. The van der Waals surface area contributed by atoms with Gasteiger partial charge in [0.1, 0.15) is 17.6 Å². The standard InChI is InChI=1S/C14H19NO4.C8H10O3S/c1-14(2,3)12-8-15(13(16)17)10-6-5-9(18-4)7-11(10)19-12;1-6-3-4-8(7(2)5-6)12(9,10)11/h5-7,12H,8H2,1-4H3,(H,16,17);3-5H,1-2H3,(H,9,10,11). The predicted octanol–water partition coefficient (Wildman–Crippen LogP) is 4.54. The Labute approximate surface area is 183 Å². The van der Waals surface area contributed by atoms with Gasteiger partial charge in [0.25, 0.3) is 10.1 Å². The number of carboxylic acid groups (broad SMARTS) is 1. The SMILES string of the molecule is COc1ccc2c(c1)OC(C(C)(C)C)CN2C(=O)O.Cc1ccc(S(=O)(=O)O)c(C)c1. The molecule has 170 valence electrons. The van der Waals surface area contributed by atoms with E-state index in [0.717, 1.165) is 5.56 Å². The quantitative estimate of drug-likeness (QED) is 0.645. The lowest BCUT2D eigenvalue weighted by Gasteiger charge is -2.39. The lowest BCUT2D eigenvalue weighted by molar-refractivity contribution is 0.0825. The predicted molar refractivity (Wildman–Crippen MR) is 118 cm³/mol. The molecule has 3 rings (SSSR count). The first kappa shape index (κ1) is 24.5. The van der Waals surface area contributed by atoms with E-state index >= 15 is 0 Å². The molecule has 1 atom stereocenters. The molecule has 0 fully saturated rings. The van der Waals surface area contributed by atoms with Crippen LogP contribution < -0.4 is 14.4 Å². The summed E-state index contributed by atoms with van der Waals surface area (Å²) in [6, 6.07) is 9.93. The summed E-state index contributed by atoms with van der Waals surface area (Å²) >= 11 is 0. The van der Waals surface area contributed by atoms with Crippen molar-refractivity contribution in [1.29, 1.82) is 0 Å². The maximum atomic E-state index is 11.4. The number of methoxy groups -OCH3 is 1. The Morgan fingerprint density at radius 2 is 1.81 bits per heavy atom. The highest BCUT2D eigenvalue weighted by Crippen LogP contribution is 2.40. The van der Waals surface area contributed by atoms with E-state index in [1.54, 1.807) is 44.4 Å². The molecule has 0 radical (unpaired) electrons. The molecule has 0 aromatic heterocycles. The molecule has 2 N–H and O–H groups in total. The van der Waals surface area contributed by atoms with E-state index in [4.69, 9.17) is 14.0 Å². The van der Waals surface area contributed by atoms with E-state index in [9.17, 15) is 18.3 Å². The highest BCUT2D eigenvalue weighted by molar-refractivity contribution is 7.85. The summed E-state index contributed by atoms with van der Waals surface area (Å²) in [5.74, 6) is 1.20. The summed E-state index contributed by atoms with van der Waals surface area (Å²) in [7, 11) is -2.48. The number of carbonyl (C=O) groups is 1. The first-order valence-electron chi connectivity index (χ1n) is 9.64. The first-order chi connectivity index (χ1) is 14.2. The number of rotatable bonds is 2. The van der Waals surface area contributed by atoms with Crippen molar-refractivity contribution in [1.82, 2.24) is 0 Å². The summed E-state index contributed by atoms with van der Waals surface area (Å²) in [6.07, 6.45) is -1.16. The lowest BCUT2D eigenvalue weighted by Crippen LogP contribution is -2.48. The summed E-state index contributed by atoms with van der Waals surface area (Å²) in [5, 5.41) is 9.33. The van der Waals surface area contributed by atoms with Crippen molar-refractivity contribution in [3.63, 3.8) is 0 Å². The fourth-order valence-corrected chi connectivity index (χ4v) is 3.82. The fourth-order valence-electron chi connectivity index (χ4n) is 3.11. The Kier molecular flexibility index (Phi) is 7.23. The van der Waals surface area contributed by atoms with Crippen LogP contribution in [0.5, 0.6) is 11.5 Å². The largest absolute Gasteiger partial charge is 0.497 e. The number of amides is 1. The number of fused-ring (bicyclic) bond motifs is 1. The minimum Gasteiger partial charge on any atom is -0.497 e. The van der Waals surface area contributed by atoms with Crippen LogP contribution in [0.3, 0.4) is 0 Å². The average molecular weight is 452 g/mol. The van der Waals surface area contributed by atoms with Crippen LogP contribution in [-0.4, -0.2) is 43.9 Å². The molecule has 0 aliphatic carbocycles. The molecule has 0 bridgehead atoms. The summed E-state index contributed by atoms with van der Waals surface area (Å²) in [4.78, 5) is 12.7. The molecule has 31 heavy (non-hydrogen) atoms. The Morgan fingerprint density at radius 3 is 2.29 bits per heavy atom. The maximum Gasteiger partial charge on any atom is 0.412 e. The third-order valence-electron chi connectivity index (χ3n) is 4.88. The van der Waals surface area contributed by atoms with Gasteiger partial charge in [0, 0.05) is 11.5 Å². The number of nitrogens with zero attached hydrogens (tertiary/aromatic N) is 1. The van der Waals surface area contributed by atoms with Crippen molar-refractivity contribution < 1.29 is 32.3 Å². The van der Waals surface area contributed by atoms with Crippen LogP contribution in [0.1, 0.15) is 31.9 Å². The summed E-state index contributed by atoms with van der Waals surface area (Å²) in [6.45, 7) is 9.93. The van der Waals surface area contributed by atoms with Crippen molar-refractivity contribution in [2.75, 3.05) is 18.6 Å². The molecular weight excluding hydrogens is 422 g/mol. The molecule has 0 saturated carbocycles. The molecule has 1 heterocycles. The third kappa shape index (κ3) is 6.11. The van der Waals surface area contributed by atoms with Crippen LogP contribution in [-0.2, 0) is 10.1 Å². The smallest absolute Gasteiger partial charge is 0.412 e. The second-order valence-electron chi connectivity index (χ2n) is 8.44. The van der Waals surface area contributed by atoms with E-state index in [1.165, 1.54) is 11.0 Å². The van der Waals surface area contributed by atoms with Crippen molar-refractivity contribution in [3.8, 4) is 11.5 Å². The van der Waals surface area contributed by atoms with Gasteiger partial charge in [-0.2, -0.15) is 8.42 Å². The highest BCUT2D eigenvalue weighted by Gasteiger charge is 2.36. The minimum absolute atomic E-state index is 0.0203. The Bertz CT molecular complexity index is 1060. The lowest BCUT2D eigenvalue weighted by atomic mass is 9.87. The molecule has 1 amide bonds. The van der Waals surface area contributed by atoms with Gasteiger partial charge in [-0.05, 0) is 37.6 Å². The topological polar surface area (TPSA) is 113 Å². The van der Waals surface area contributed by atoms with Crippen molar-refractivity contribution >= 4 is 21.9 Å². The zero-order valence-electron chi connectivity index (χ0n) is 18.5. The van der Waals surface area contributed by atoms with Gasteiger partial charge in [0.05, 0.1) is 24.2 Å². The van der Waals surface area contributed by atoms with Crippen molar-refractivity contribution in [2.24, 2.45) is 5.41 Å². The maximum absolute atomic E-state index is 11.4. The van der Waals surface area contributed by atoms with E-state index in [0.29, 0.717) is 29.3 Å². The normalized spacial score (nSPS) is 15.8. The van der Waals surface area contributed by atoms with E-state index in [-0.39, 0.29) is 16.4 Å². The second kappa shape index (κ2) is 9.15. The molecule has 0 spiro atoms. The fraction of sp³-hybridized carbons (Fsp3) is 0.409. The molecule has 1 aliphatic heterocycles.